The first-order valence-corrected chi connectivity index (χ1v) is 10.5. The molecule has 1 aromatic carbocycles. The van der Waals surface area contributed by atoms with Gasteiger partial charge in [-0.1, -0.05) is 6.07 Å². The third-order valence-corrected chi connectivity index (χ3v) is 4.95. The van der Waals surface area contributed by atoms with Crippen LogP contribution in [0, 0.1) is 6.92 Å². The predicted octanol–water partition coefficient (Wildman–Crippen LogP) is 4.02. The fourth-order valence-electron chi connectivity index (χ4n) is 3.27. The summed E-state index contributed by atoms with van der Waals surface area (Å²) >= 11 is 0. The van der Waals surface area contributed by atoms with Gasteiger partial charge in [0.2, 0.25) is 11.7 Å². The Morgan fingerprint density at radius 2 is 1.68 bits per heavy atom. The molecule has 0 radical (unpaired) electrons. The highest BCUT2D eigenvalue weighted by Crippen LogP contribution is 2.40. The number of pyridine rings is 2. The van der Waals surface area contributed by atoms with Crippen molar-refractivity contribution in [3.8, 4) is 28.6 Å². The quantitative estimate of drug-likeness (QED) is 0.380. The van der Waals surface area contributed by atoms with E-state index >= 15 is 0 Å². The van der Waals surface area contributed by atoms with Crippen LogP contribution in [0.5, 0.6) is 17.2 Å². The monoisotopic (exact) mass is 459 g/mol. The number of hydrogen-bond donors (Lipinski definition) is 2. The summed E-state index contributed by atoms with van der Waals surface area (Å²) in [5, 5.41) is 6.49. The molecule has 0 amide bonds. The number of ether oxygens (including phenoxy) is 3. The van der Waals surface area contributed by atoms with Crippen LogP contribution in [0.15, 0.2) is 55.1 Å². The van der Waals surface area contributed by atoms with Gasteiger partial charge in [0.25, 0.3) is 0 Å². The number of benzene rings is 1. The first-order chi connectivity index (χ1) is 16.6. The zero-order valence-electron chi connectivity index (χ0n) is 19.4. The van der Waals surface area contributed by atoms with E-state index in [0.29, 0.717) is 47.1 Å². The van der Waals surface area contributed by atoms with E-state index in [1.807, 2.05) is 37.4 Å². The van der Waals surface area contributed by atoms with E-state index < -0.39 is 0 Å². The highest BCUT2D eigenvalue weighted by molar-refractivity contribution is 5.71. The van der Waals surface area contributed by atoms with Crippen LogP contribution in [0.3, 0.4) is 0 Å². The Kier molecular flexibility index (Phi) is 6.97. The minimum Gasteiger partial charge on any atom is -0.493 e. The van der Waals surface area contributed by atoms with E-state index in [-0.39, 0.29) is 0 Å². The van der Waals surface area contributed by atoms with Crippen molar-refractivity contribution in [3.05, 3.63) is 66.4 Å². The summed E-state index contributed by atoms with van der Waals surface area (Å²) < 4.78 is 16.2. The van der Waals surface area contributed by atoms with Crippen LogP contribution in [0.1, 0.15) is 11.3 Å². The first-order valence-electron chi connectivity index (χ1n) is 10.5. The second-order valence-electron chi connectivity index (χ2n) is 7.25. The number of hydrogen-bond acceptors (Lipinski definition) is 10. The summed E-state index contributed by atoms with van der Waals surface area (Å²) in [4.78, 5) is 22.1. The molecule has 0 aliphatic rings. The summed E-state index contributed by atoms with van der Waals surface area (Å²) in [6, 6.07) is 11.3. The molecule has 0 spiro atoms. The standard InChI is InChI=1S/C24H25N7O3/c1-15-7-8-16(26-12-15)13-27-22-18(6-5-9-25-22)23-28-14-29-24(31-23)30-17-10-19(32-2)21(34-4)20(11-17)33-3/h5-12,14H,13H2,1-4H3,(H,25,27)(H,28,29,30,31). The SMILES string of the molecule is COc1cc(Nc2ncnc(-c3cccnc3NCc3ccc(C)cn3)n2)cc(OC)c1OC. The molecule has 0 unspecified atom stereocenters. The lowest BCUT2D eigenvalue weighted by atomic mass is 10.2. The average molecular weight is 460 g/mol. The van der Waals surface area contributed by atoms with Crippen molar-refractivity contribution in [1.82, 2.24) is 24.9 Å². The van der Waals surface area contributed by atoms with Gasteiger partial charge in [-0.25, -0.2) is 15.0 Å². The Bertz CT molecular complexity index is 1240. The zero-order valence-corrected chi connectivity index (χ0v) is 19.4. The maximum absolute atomic E-state index is 5.42. The lowest BCUT2D eigenvalue weighted by Crippen LogP contribution is -2.06. The molecule has 34 heavy (non-hydrogen) atoms. The number of aryl methyl sites for hydroxylation is 1. The molecule has 10 heteroatoms. The fourth-order valence-corrected chi connectivity index (χ4v) is 3.27. The highest BCUT2D eigenvalue weighted by atomic mass is 16.5. The van der Waals surface area contributed by atoms with Crippen LogP contribution in [0.25, 0.3) is 11.4 Å². The first kappa shape index (κ1) is 22.7. The fraction of sp³-hybridized carbons (Fsp3) is 0.208. The molecule has 0 bridgehead atoms. The average Bonchev–Trinajstić information content (AvgIpc) is 2.88. The van der Waals surface area contributed by atoms with Gasteiger partial charge in [0, 0.05) is 30.2 Å². The third-order valence-electron chi connectivity index (χ3n) is 4.95. The smallest absolute Gasteiger partial charge is 0.230 e. The van der Waals surface area contributed by atoms with Crippen LogP contribution >= 0.6 is 0 Å². The summed E-state index contributed by atoms with van der Waals surface area (Å²) in [5.74, 6) is 3.01. The van der Waals surface area contributed by atoms with Gasteiger partial charge in [-0.15, -0.1) is 0 Å². The van der Waals surface area contributed by atoms with Crippen LogP contribution < -0.4 is 24.8 Å². The second kappa shape index (κ2) is 10.4. The number of rotatable bonds is 9. The maximum atomic E-state index is 5.42. The van der Waals surface area contributed by atoms with E-state index in [2.05, 4.69) is 35.6 Å². The van der Waals surface area contributed by atoms with Crippen LogP contribution in [-0.2, 0) is 6.54 Å². The topological polar surface area (TPSA) is 116 Å². The van der Waals surface area contributed by atoms with Gasteiger partial charge in [0.05, 0.1) is 39.1 Å². The second-order valence-corrected chi connectivity index (χ2v) is 7.25. The van der Waals surface area contributed by atoms with Gasteiger partial charge in [-0.3, -0.25) is 4.98 Å². The van der Waals surface area contributed by atoms with Gasteiger partial charge in [0.1, 0.15) is 12.1 Å². The molecular weight excluding hydrogens is 434 g/mol. The van der Waals surface area contributed by atoms with E-state index in [4.69, 9.17) is 14.2 Å². The molecule has 2 N–H and O–H groups in total. The number of methoxy groups -OCH3 is 3. The molecule has 10 nitrogen and oxygen atoms in total. The summed E-state index contributed by atoms with van der Waals surface area (Å²) in [6.07, 6.45) is 5.00. The van der Waals surface area contributed by atoms with Crippen LogP contribution in [0.2, 0.25) is 0 Å². The molecule has 0 saturated carbocycles. The van der Waals surface area contributed by atoms with E-state index in [9.17, 15) is 0 Å². The zero-order chi connectivity index (χ0) is 23.9. The van der Waals surface area contributed by atoms with Gasteiger partial charge >= 0.3 is 0 Å². The maximum Gasteiger partial charge on any atom is 0.230 e. The minimum atomic E-state index is 0.356. The summed E-state index contributed by atoms with van der Waals surface area (Å²) in [6.45, 7) is 2.53. The van der Waals surface area contributed by atoms with Gasteiger partial charge in [0.15, 0.2) is 17.3 Å². The molecule has 174 valence electrons. The molecule has 3 aromatic heterocycles. The number of anilines is 3. The molecule has 4 aromatic rings. The Morgan fingerprint density at radius 3 is 2.35 bits per heavy atom. The third kappa shape index (κ3) is 5.12. The molecule has 0 saturated heterocycles. The van der Waals surface area contributed by atoms with Crippen molar-refractivity contribution in [1.29, 1.82) is 0 Å². The Labute approximate surface area is 197 Å². The van der Waals surface area contributed by atoms with Crippen molar-refractivity contribution in [2.24, 2.45) is 0 Å². The molecule has 0 aliphatic carbocycles. The van der Waals surface area contributed by atoms with Crippen LogP contribution in [-0.4, -0.2) is 46.2 Å². The van der Waals surface area contributed by atoms with Crippen molar-refractivity contribution in [2.45, 2.75) is 13.5 Å². The number of nitrogens with zero attached hydrogens (tertiary/aromatic N) is 5. The summed E-state index contributed by atoms with van der Waals surface area (Å²) in [5.41, 5.74) is 3.42. The molecule has 0 aliphatic heterocycles. The normalized spacial score (nSPS) is 10.5. The predicted molar refractivity (Wildman–Crippen MR) is 129 cm³/mol. The molecule has 0 fully saturated rings. The number of aromatic nitrogens is 5. The highest BCUT2D eigenvalue weighted by Gasteiger charge is 2.15. The Hall–Kier alpha value is -4.47. The van der Waals surface area contributed by atoms with Crippen molar-refractivity contribution < 1.29 is 14.2 Å². The molecule has 4 rings (SSSR count). The molecule has 3 heterocycles. The van der Waals surface area contributed by atoms with Crippen molar-refractivity contribution >= 4 is 17.5 Å². The lowest BCUT2D eigenvalue weighted by molar-refractivity contribution is 0.324. The Balaban J connectivity index is 1.58. The molecule has 0 atom stereocenters. The summed E-state index contributed by atoms with van der Waals surface area (Å²) in [7, 11) is 4.68. The van der Waals surface area contributed by atoms with Crippen LogP contribution in [0.4, 0.5) is 17.5 Å². The van der Waals surface area contributed by atoms with E-state index in [0.717, 1.165) is 16.8 Å². The minimum absolute atomic E-state index is 0.356. The molecular formula is C24H25N7O3. The van der Waals surface area contributed by atoms with Crippen molar-refractivity contribution in [3.63, 3.8) is 0 Å². The van der Waals surface area contributed by atoms with Gasteiger partial charge in [-0.2, -0.15) is 4.98 Å². The van der Waals surface area contributed by atoms with Gasteiger partial charge < -0.3 is 24.8 Å². The van der Waals surface area contributed by atoms with Gasteiger partial charge in [-0.05, 0) is 30.7 Å². The van der Waals surface area contributed by atoms with Crippen molar-refractivity contribution in [2.75, 3.05) is 32.0 Å². The number of nitrogens with one attached hydrogen (secondary N) is 2. The largest absolute Gasteiger partial charge is 0.493 e. The lowest BCUT2D eigenvalue weighted by Gasteiger charge is -2.15. The Morgan fingerprint density at radius 1 is 0.882 bits per heavy atom. The van der Waals surface area contributed by atoms with E-state index in [1.165, 1.54) is 6.33 Å². The van der Waals surface area contributed by atoms with E-state index in [1.54, 1.807) is 39.7 Å².